The molecule has 0 fully saturated rings. The number of H-pyrrole nitrogens is 1. The van der Waals surface area contributed by atoms with E-state index in [1.54, 1.807) is 18.2 Å². The Morgan fingerprint density at radius 2 is 1.60 bits per heavy atom. The van der Waals surface area contributed by atoms with Crippen LogP contribution in [-0.4, -0.2) is 22.7 Å². The molecule has 0 unspecified atom stereocenters. The number of aliphatic carboxylic acids is 2. The molecule has 1 N–H and O–H groups in total. The van der Waals surface area contributed by atoms with Crippen LogP contribution < -0.4 is 10.2 Å². The van der Waals surface area contributed by atoms with E-state index < -0.39 is 23.6 Å². The van der Waals surface area contributed by atoms with Crippen molar-refractivity contribution in [2.24, 2.45) is 0 Å². The van der Waals surface area contributed by atoms with Gasteiger partial charge in [0.1, 0.15) is 0 Å². The molecule has 0 aliphatic rings. The van der Waals surface area contributed by atoms with Gasteiger partial charge in [0.05, 0.1) is 23.6 Å². The molecule has 0 saturated carbocycles. The van der Waals surface area contributed by atoms with Gasteiger partial charge in [0.2, 0.25) is 5.78 Å². The van der Waals surface area contributed by atoms with E-state index in [1.807, 2.05) is 0 Å². The summed E-state index contributed by atoms with van der Waals surface area (Å²) < 4.78 is 0. The smallest absolute Gasteiger partial charge is 0.209 e. The molecule has 0 aliphatic carbocycles. The van der Waals surface area contributed by atoms with Crippen molar-refractivity contribution < 1.29 is 24.6 Å². The molecule has 2 aromatic carbocycles. The first kappa shape index (κ1) is 16.7. The van der Waals surface area contributed by atoms with E-state index in [2.05, 4.69) is 4.98 Å². The molecule has 3 aromatic rings. The van der Waals surface area contributed by atoms with Crippen LogP contribution in [0.4, 0.5) is 0 Å². The topological polar surface area (TPSA) is 113 Å². The predicted molar refractivity (Wildman–Crippen MR) is 85.9 cm³/mol. The molecule has 0 aliphatic heterocycles. The summed E-state index contributed by atoms with van der Waals surface area (Å²) in [5.74, 6) is -6.37. The summed E-state index contributed by atoms with van der Waals surface area (Å²) in [6.07, 6.45) is 0. The molecule has 1 heterocycles. The Morgan fingerprint density at radius 3 is 2.20 bits per heavy atom. The van der Waals surface area contributed by atoms with Crippen molar-refractivity contribution in [1.29, 1.82) is 0 Å². The lowest BCUT2D eigenvalue weighted by Gasteiger charge is -2.20. The second kappa shape index (κ2) is 6.41. The largest absolute Gasteiger partial charge is 0.549 e. The quantitative estimate of drug-likeness (QED) is 0.533. The second-order valence-electron chi connectivity index (χ2n) is 5.37. The molecule has 0 radical (unpaired) electrons. The third-order valence-electron chi connectivity index (χ3n) is 3.82. The van der Waals surface area contributed by atoms with Gasteiger partial charge in [-0.2, -0.15) is 0 Å². The maximum absolute atomic E-state index is 12.8. The van der Waals surface area contributed by atoms with E-state index >= 15 is 0 Å². The van der Waals surface area contributed by atoms with E-state index in [9.17, 15) is 24.6 Å². The van der Waals surface area contributed by atoms with Crippen LogP contribution >= 0.6 is 11.6 Å². The third-order valence-corrected chi connectivity index (χ3v) is 4.06. The monoisotopic (exact) mass is 355 g/mol. The van der Waals surface area contributed by atoms with Gasteiger partial charge in [-0.3, -0.25) is 4.79 Å². The fourth-order valence-corrected chi connectivity index (χ4v) is 2.91. The SMILES string of the molecule is O=C(c1ccccc1)c1[nH]c2cc(Cl)ccc2c1C(C(=O)[O-])C(=O)[O-]. The molecule has 1 aromatic heterocycles. The van der Waals surface area contributed by atoms with Crippen LogP contribution in [0.25, 0.3) is 10.9 Å². The van der Waals surface area contributed by atoms with Crippen LogP contribution in [0.2, 0.25) is 5.02 Å². The van der Waals surface area contributed by atoms with Crippen molar-refractivity contribution in [1.82, 2.24) is 4.98 Å². The normalized spacial score (nSPS) is 11.0. The van der Waals surface area contributed by atoms with Crippen molar-refractivity contribution in [3.8, 4) is 0 Å². The van der Waals surface area contributed by atoms with Crippen LogP contribution in [0, 0.1) is 0 Å². The molecule has 25 heavy (non-hydrogen) atoms. The Hall–Kier alpha value is -3.12. The number of aromatic nitrogens is 1. The maximum Gasteiger partial charge on any atom is 0.209 e. The van der Waals surface area contributed by atoms with Gasteiger partial charge in [-0.25, -0.2) is 0 Å². The minimum absolute atomic E-state index is 0.151. The molecule has 3 rings (SSSR count). The molecule has 6 nitrogen and oxygen atoms in total. The Morgan fingerprint density at radius 1 is 0.960 bits per heavy atom. The first-order chi connectivity index (χ1) is 11.9. The van der Waals surface area contributed by atoms with E-state index in [0.29, 0.717) is 10.5 Å². The number of carboxylic acid groups (broad SMARTS) is 2. The van der Waals surface area contributed by atoms with E-state index in [-0.39, 0.29) is 22.2 Å². The fraction of sp³-hybridized carbons (Fsp3) is 0.0556. The zero-order valence-corrected chi connectivity index (χ0v) is 13.4. The van der Waals surface area contributed by atoms with Gasteiger partial charge in [-0.15, -0.1) is 0 Å². The molecule has 0 saturated heterocycles. The molecule has 0 amide bonds. The summed E-state index contributed by atoms with van der Waals surface area (Å²) >= 11 is 5.92. The van der Waals surface area contributed by atoms with Gasteiger partial charge < -0.3 is 24.8 Å². The maximum atomic E-state index is 12.8. The highest BCUT2D eigenvalue weighted by molar-refractivity contribution is 6.31. The number of hydrogen-bond acceptors (Lipinski definition) is 5. The highest BCUT2D eigenvalue weighted by Gasteiger charge is 2.27. The summed E-state index contributed by atoms with van der Waals surface area (Å²) in [5, 5.41) is 23.4. The minimum Gasteiger partial charge on any atom is -0.549 e. The van der Waals surface area contributed by atoms with Crippen molar-refractivity contribution in [3.63, 3.8) is 0 Å². The molecule has 0 bridgehead atoms. The average molecular weight is 356 g/mol. The number of benzene rings is 2. The van der Waals surface area contributed by atoms with Gasteiger partial charge in [0, 0.05) is 27.1 Å². The van der Waals surface area contributed by atoms with Gasteiger partial charge in [-0.1, -0.05) is 48.0 Å². The second-order valence-corrected chi connectivity index (χ2v) is 5.81. The number of rotatable bonds is 5. The summed E-state index contributed by atoms with van der Waals surface area (Å²) in [6.45, 7) is 0. The van der Waals surface area contributed by atoms with Gasteiger partial charge in [0.25, 0.3) is 0 Å². The molecule has 0 atom stereocenters. The number of carboxylic acids is 2. The van der Waals surface area contributed by atoms with Crippen LogP contribution in [0.5, 0.6) is 0 Å². The van der Waals surface area contributed by atoms with Crippen molar-refractivity contribution in [2.75, 3.05) is 0 Å². The summed E-state index contributed by atoms with van der Waals surface area (Å²) in [5.41, 5.74) is 0.258. The minimum atomic E-state index is -2.10. The Balaban J connectivity index is 2.30. The fourth-order valence-electron chi connectivity index (χ4n) is 2.74. The Bertz CT molecular complexity index is 979. The first-order valence-corrected chi connectivity index (χ1v) is 7.60. The summed E-state index contributed by atoms with van der Waals surface area (Å²) in [6, 6.07) is 12.5. The number of carbonyl (C=O) groups is 3. The first-order valence-electron chi connectivity index (χ1n) is 7.22. The summed E-state index contributed by atoms with van der Waals surface area (Å²) in [4.78, 5) is 38.3. The van der Waals surface area contributed by atoms with Crippen molar-refractivity contribution in [3.05, 3.63) is 70.4 Å². The number of fused-ring (bicyclic) bond motifs is 1. The predicted octanol–water partition coefficient (Wildman–Crippen LogP) is 0.636. The Labute approximate surface area is 146 Å². The van der Waals surface area contributed by atoms with Crippen LogP contribution in [0.3, 0.4) is 0 Å². The number of nitrogens with one attached hydrogen (secondary N) is 1. The van der Waals surface area contributed by atoms with Gasteiger partial charge in [0.15, 0.2) is 0 Å². The average Bonchev–Trinajstić information content (AvgIpc) is 2.92. The Kier molecular flexibility index (Phi) is 4.29. The lowest BCUT2D eigenvalue weighted by atomic mass is 9.93. The number of hydrogen-bond donors (Lipinski definition) is 1. The van der Waals surface area contributed by atoms with E-state index in [1.165, 1.54) is 30.3 Å². The van der Waals surface area contributed by atoms with Crippen molar-refractivity contribution in [2.45, 2.75) is 5.92 Å². The number of aromatic amines is 1. The van der Waals surface area contributed by atoms with Crippen LogP contribution in [0.15, 0.2) is 48.5 Å². The number of carbonyl (C=O) groups excluding carboxylic acids is 3. The number of halogens is 1. The molecule has 7 heteroatoms. The zero-order chi connectivity index (χ0) is 18.1. The standard InChI is InChI=1S/C18H12ClNO5/c19-10-6-7-11-12(8-10)20-15(13(11)14(17(22)23)18(24)25)16(21)9-4-2-1-3-5-9/h1-8,14,20H,(H,22,23)(H,24,25)/p-2. The van der Waals surface area contributed by atoms with Crippen LogP contribution in [0.1, 0.15) is 27.5 Å². The highest BCUT2D eigenvalue weighted by Crippen LogP contribution is 2.32. The number of ketones is 1. The van der Waals surface area contributed by atoms with Gasteiger partial charge in [-0.05, 0) is 12.1 Å². The third kappa shape index (κ3) is 2.99. The van der Waals surface area contributed by atoms with Crippen LogP contribution in [-0.2, 0) is 9.59 Å². The lowest BCUT2D eigenvalue weighted by molar-refractivity contribution is -0.326. The van der Waals surface area contributed by atoms with Crippen molar-refractivity contribution >= 4 is 40.2 Å². The lowest BCUT2D eigenvalue weighted by Crippen LogP contribution is -2.42. The van der Waals surface area contributed by atoms with E-state index in [4.69, 9.17) is 11.6 Å². The van der Waals surface area contributed by atoms with E-state index in [0.717, 1.165) is 0 Å². The molecule has 126 valence electrons. The highest BCUT2D eigenvalue weighted by atomic mass is 35.5. The molecular weight excluding hydrogens is 346 g/mol. The molecular formula is C18H10ClNO5-2. The zero-order valence-electron chi connectivity index (χ0n) is 12.6. The van der Waals surface area contributed by atoms with Gasteiger partial charge >= 0.3 is 0 Å². The summed E-state index contributed by atoms with van der Waals surface area (Å²) in [7, 11) is 0. The molecule has 0 spiro atoms.